The molecule has 3 N–H and O–H groups in total. The van der Waals surface area contributed by atoms with Crippen LogP contribution in [0.5, 0.6) is 11.5 Å². The lowest BCUT2D eigenvalue weighted by molar-refractivity contribution is 0.299. The zero-order chi connectivity index (χ0) is 13.9. The molecule has 0 spiro atoms. The smallest absolute Gasteiger partial charge is 0.181 e. The molecule has 0 radical (unpaired) electrons. The number of aromatic amines is 1. The molecule has 0 aliphatic carbocycles. The van der Waals surface area contributed by atoms with E-state index in [1.165, 1.54) is 0 Å². The van der Waals surface area contributed by atoms with Gasteiger partial charge < -0.3 is 15.2 Å². The number of benzene rings is 1. The van der Waals surface area contributed by atoms with Gasteiger partial charge in [-0.1, -0.05) is 23.4 Å². The number of nitrogen functional groups attached to an aromatic ring is 1. The second-order valence-corrected chi connectivity index (χ2v) is 4.15. The van der Waals surface area contributed by atoms with Gasteiger partial charge in [-0.2, -0.15) is 0 Å². The fraction of sp³-hybridized carbons (Fsp3) is 0.154. The number of aromatic nitrogens is 4. The number of fused-ring (bicyclic) bond motifs is 1. The lowest BCUT2D eigenvalue weighted by Crippen LogP contribution is -2.00. The van der Waals surface area contributed by atoms with Crippen LogP contribution >= 0.6 is 0 Å². The minimum atomic E-state index is 0.343. The molecule has 7 heteroatoms. The van der Waals surface area contributed by atoms with Gasteiger partial charge in [0, 0.05) is 11.6 Å². The summed E-state index contributed by atoms with van der Waals surface area (Å²) in [5, 5.41) is 10.3. The summed E-state index contributed by atoms with van der Waals surface area (Å²) in [6.07, 6.45) is 0. The molecule has 0 aliphatic rings. The topological polar surface area (TPSA) is 98.9 Å². The molecule has 0 fully saturated rings. The Balaban J connectivity index is 1.88. The average Bonchev–Trinajstić information content (AvgIpc) is 2.93. The molecule has 0 saturated heterocycles. The average molecular weight is 271 g/mol. The molecule has 0 amide bonds. The van der Waals surface area contributed by atoms with E-state index in [0.29, 0.717) is 29.3 Å². The van der Waals surface area contributed by atoms with Crippen molar-refractivity contribution < 1.29 is 9.47 Å². The number of hydrogen-bond acceptors (Lipinski definition) is 6. The predicted octanol–water partition coefficient (Wildman–Crippen LogP) is 1.52. The number of pyridine rings is 1. The summed E-state index contributed by atoms with van der Waals surface area (Å²) in [6, 6.07) is 9.27. The van der Waals surface area contributed by atoms with Crippen LogP contribution in [0.3, 0.4) is 0 Å². The van der Waals surface area contributed by atoms with Crippen molar-refractivity contribution in [3.63, 3.8) is 0 Å². The number of methoxy groups -OCH3 is 1. The minimum Gasteiger partial charge on any atom is -0.496 e. The van der Waals surface area contributed by atoms with Gasteiger partial charge in [-0.3, -0.25) is 0 Å². The lowest BCUT2D eigenvalue weighted by atomic mass is 10.2. The summed E-state index contributed by atoms with van der Waals surface area (Å²) in [7, 11) is 1.62. The molecule has 1 aromatic carbocycles. The second kappa shape index (κ2) is 5.04. The number of nitrogens with one attached hydrogen (secondary N) is 1. The Morgan fingerprint density at radius 2 is 2.10 bits per heavy atom. The Hall–Kier alpha value is -2.83. The number of rotatable bonds is 4. The van der Waals surface area contributed by atoms with Crippen LogP contribution in [0.15, 0.2) is 30.3 Å². The fourth-order valence-corrected chi connectivity index (χ4v) is 1.92. The Morgan fingerprint density at radius 1 is 1.25 bits per heavy atom. The first kappa shape index (κ1) is 12.2. The monoisotopic (exact) mass is 271 g/mol. The van der Waals surface area contributed by atoms with Crippen molar-refractivity contribution in [3.05, 3.63) is 35.9 Å². The molecular weight excluding hydrogens is 258 g/mol. The maximum absolute atomic E-state index is 5.76. The van der Waals surface area contributed by atoms with Gasteiger partial charge in [0.25, 0.3) is 0 Å². The van der Waals surface area contributed by atoms with Crippen molar-refractivity contribution in [2.24, 2.45) is 0 Å². The summed E-state index contributed by atoms with van der Waals surface area (Å²) in [5.74, 6) is 1.65. The molecule has 3 rings (SSSR count). The molecule has 2 heterocycles. The highest BCUT2D eigenvalue weighted by atomic mass is 16.5. The van der Waals surface area contributed by atoms with Crippen molar-refractivity contribution in [2.75, 3.05) is 12.8 Å². The van der Waals surface area contributed by atoms with E-state index in [1.807, 2.05) is 24.3 Å². The highest BCUT2D eigenvalue weighted by Gasteiger charge is 2.10. The minimum absolute atomic E-state index is 0.343. The van der Waals surface area contributed by atoms with Crippen molar-refractivity contribution in [1.29, 1.82) is 0 Å². The van der Waals surface area contributed by atoms with Crippen LogP contribution in [-0.2, 0) is 6.61 Å². The molecule has 0 bridgehead atoms. The number of ether oxygens (including phenoxy) is 2. The molecular formula is C13H13N5O2. The van der Waals surface area contributed by atoms with Crippen molar-refractivity contribution in [1.82, 2.24) is 20.4 Å². The number of para-hydroxylation sites is 1. The first-order valence-corrected chi connectivity index (χ1v) is 6.00. The highest BCUT2D eigenvalue weighted by Crippen LogP contribution is 2.25. The van der Waals surface area contributed by atoms with Gasteiger partial charge in [0.15, 0.2) is 16.9 Å². The van der Waals surface area contributed by atoms with Gasteiger partial charge in [-0.25, -0.2) is 10.1 Å². The molecule has 2 aromatic heterocycles. The molecule has 102 valence electrons. The number of H-pyrrole nitrogens is 1. The van der Waals surface area contributed by atoms with Crippen LogP contribution in [0.4, 0.5) is 5.82 Å². The van der Waals surface area contributed by atoms with Gasteiger partial charge in [-0.05, 0) is 6.07 Å². The van der Waals surface area contributed by atoms with Gasteiger partial charge in [0.1, 0.15) is 18.2 Å². The number of hydrogen-bond donors (Lipinski definition) is 2. The molecule has 0 aliphatic heterocycles. The zero-order valence-corrected chi connectivity index (χ0v) is 10.8. The summed E-state index contributed by atoms with van der Waals surface area (Å²) >= 11 is 0. The third kappa shape index (κ3) is 2.20. The number of anilines is 1. The van der Waals surface area contributed by atoms with Crippen LogP contribution < -0.4 is 15.2 Å². The van der Waals surface area contributed by atoms with Gasteiger partial charge >= 0.3 is 0 Å². The Kier molecular flexibility index (Phi) is 3.08. The SMILES string of the molecule is COc1ccccc1COc1cc(N)nc2[nH]nnc12. The van der Waals surface area contributed by atoms with E-state index >= 15 is 0 Å². The van der Waals surface area contributed by atoms with Crippen LogP contribution in [0.1, 0.15) is 5.56 Å². The van der Waals surface area contributed by atoms with E-state index in [-0.39, 0.29) is 0 Å². The van der Waals surface area contributed by atoms with Crippen LogP contribution in [0.2, 0.25) is 0 Å². The zero-order valence-electron chi connectivity index (χ0n) is 10.8. The quantitative estimate of drug-likeness (QED) is 0.746. The van der Waals surface area contributed by atoms with E-state index in [4.69, 9.17) is 15.2 Å². The molecule has 3 aromatic rings. The Bertz CT molecular complexity index is 740. The first-order chi connectivity index (χ1) is 9.78. The van der Waals surface area contributed by atoms with Crippen LogP contribution in [-0.4, -0.2) is 27.5 Å². The third-order valence-electron chi connectivity index (χ3n) is 2.86. The second-order valence-electron chi connectivity index (χ2n) is 4.15. The Labute approximate surface area is 114 Å². The molecule has 20 heavy (non-hydrogen) atoms. The standard InChI is InChI=1S/C13H13N5O2/c1-19-9-5-3-2-4-8(9)7-20-10-6-11(14)15-13-12(10)16-18-17-13/h2-6H,7H2,1H3,(H3,14,15,16,17,18). The van der Waals surface area contributed by atoms with Crippen LogP contribution in [0.25, 0.3) is 11.2 Å². The first-order valence-electron chi connectivity index (χ1n) is 6.00. The molecule has 0 saturated carbocycles. The maximum Gasteiger partial charge on any atom is 0.181 e. The van der Waals surface area contributed by atoms with Crippen molar-refractivity contribution >= 4 is 17.0 Å². The lowest BCUT2D eigenvalue weighted by Gasteiger charge is -2.10. The number of nitrogens with zero attached hydrogens (tertiary/aromatic N) is 3. The van der Waals surface area contributed by atoms with Gasteiger partial charge in [0.2, 0.25) is 0 Å². The van der Waals surface area contributed by atoms with Crippen LogP contribution in [0, 0.1) is 0 Å². The van der Waals surface area contributed by atoms with E-state index in [2.05, 4.69) is 20.4 Å². The molecule has 7 nitrogen and oxygen atoms in total. The van der Waals surface area contributed by atoms with E-state index < -0.39 is 0 Å². The summed E-state index contributed by atoms with van der Waals surface area (Å²) in [6.45, 7) is 0.343. The number of nitrogens with two attached hydrogens (primary N) is 1. The van der Waals surface area contributed by atoms with Crippen molar-refractivity contribution in [2.45, 2.75) is 6.61 Å². The Morgan fingerprint density at radius 3 is 2.95 bits per heavy atom. The van der Waals surface area contributed by atoms with E-state index in [1.54, 1.807) is 13.2 Å². The van der Waals surface area contributed by atoms with Gasteiger partial charge in [0.05, 0.1) is 7.11 Å². The van der Waals surface area contributed by atoms with E-state index in [0.717, 1.165) is 11.3 Å². The summed E-state index contributed by atoms with van der Waals surface area (Å²) in [5.41, 5.74) is 7.70. The summed E-state index contributed by atoms with van der Waals surface area (Å²) in [4.78, 5) is 4.08. The van der Waals surface area contributed by atoms with Gasteiger partial charge in [-0.15, -0.1) is 5.10 Å². The molecule has 0 atom stereocenters. The molecule has 0 unspecified atom stereocenters. The third-order valence-corrected chi connectivity index (χ3v) is 2.86. The van der Waals surface area contributed by atoms with Crippen molar-refractivity contribution in [3.8, 4) is 11.5 Å². The largest absolute Gasteiger partial charge is 0.496 e. The van der Waals surface area contributed by atoms with E-state index in [9.17, 15) is 0 Å². The highest BCUT2D eigenvalue weighted by molar-refractivity contribution is 5.78. The predicted molar refractivity (Wildman–Crippen MR) is 73.4 cm³/mol. The maximum atomic E-state index is 5.76. The fourth-order valence-electron chi connectivity index (χ4n) is 1.92. The summed E-state index contributed by atoms with van der Waals surface area (Å²) < 4.78 is 11.0. The normalized spacial score (nSPS) is 10.7.